The number of rotatable bonds is 4. The summed E-state index contributed by atoms with van der Waals surface area (Å²) >= 11 is 0. The van der Waals surface area contributed by atoms with Gasteiger partial charge in [0.15, 0.2) is 5.78 Å². The van der Waals surface area contributed by atoms with Crippen molar-refractivity contribution in [1.29, 1.82) is 0 Å². The second kappa shape index (κ2) is 7.49. The Bertz CT molecular complexity index is 1410. The van der Waals surface area contributed by atoms with E-state index in [2.05, 4.69) is 4.74 Å². The summed E-state index contributed by atoms with van der Waals surface area (Å²) in [7, 11) is 0.920. The lowest BCUT2D eigenvalue weighted by Gasteiger charge is -2.11. The second-order valence-corrected chi connectivity index (χ2v) is 6.83. The van der Waals surface area contributed by atoms with Crippen molar-refractivity contribution in [3.05, 3.63) is 93.2 Å². The number of hydrogen-bond acceptors (Lipinski definition) is 5. The number of benzene rings is 2. The SMILES string of the molecule is COC(=O)c1c(C(=O)c2ccc([N+](=O)[O-])cc2)c2ccc3ccccc3n2c1C(F)(F)F. The Hall–Kier alpha value is -4.21. The van der Waals surface area contributed by atoms with Crippen LogP contribution in [0.2, 0.25) is 0 Å². The minimum Gasteiger partial charge on any atom is -0.465 e. The summed E-state index contributed by atoms with van der Waals surface area (Å²) < 4.78 is 48.0. The predicted octanol–water partition coefficient (Wildman–Crippen LogP) is 5.04. The van der Waals surface area contributed by atoms with Crippen LogP contribution in [0.1, 0.15) is 32.0 Å². The zero-order valence-electron chi connectivity index (χ0n) is 16.3. The molecule has 0 N–H and O–H groups in total. The van der Waals surface area contributed by atoms with Crippen molar-refractivity contribution < 1.29 is 32.4 Å². The van der Waals surface area contributed by atoms with Crippen molar-refractivity contribution in [1.82, 2.24) is 4.40 Å². The van der Waals surface area contributed by atoms with Crippen LogP contribution in [-0.4, -0.2) is 28.2 Å². The largest absolute Gasteiger partial charge is 0.465 e. The molecule has 0 fully saturated rings. The molecule has 0 saturated heterocycles. The number of para-hydroxylation sites is 1. The quantitative estimate of drug-likeness (QED) is 0.191. The molecule has 2 aromatic heterocycles. The molecular formula is C22H13F3N2O5. The fraction of sp³-hybridized carbons (Fsp3) is 0.0909. The number of carbonyl (C=O) groups excluding carboxylic acids is 2. The highest BCUT2D eigenvalue weighted by atomic mass is 19.4. The van der Waals surface area contributed by atoms with Crippen molar-refractivity contribution in [3.8, 4) is 0 Å². The molecule has 32 heavy (non-hydrogen) atoms. The highest BCUT2D eigenvalue weighted by Crippen LogP contribution is 2.40. The number of esters is 1. The van der Waals surface area contributed by atoms with Crippen LogP contribution in [0.5, 0.6) is 0 Å². The summed E-state index contributed by atoms with van der Waals surface area (Å²) in [5.74, 6) is -2.22. The average Bonchev–Trinajstić information content (AvgIpc) is 3.14. The molecule has 0 atom stereocenters. The summed E-state index contributed by atoms with van der Waals surface area (Å²) in [6.45, 7) is 0. The molecule has 0 aliphatic carbocycles. The maximum absolute atomic E-state index is 14.2. The molecule has 4 aromatic rings. The van der Waals surface area contributed by atoms with Gasteiger partial charge in [0.05, 0.1) is 28.6 Å². The van der Waals surface area contributed by atoms with E-state index in [1.165, 1.54) is 18.2 Å². The zero-order valence-corrected chi connectivity index (χ0v) is 16.3. The summed E-state index contributed by atoms with van der Waals surface area (Å²) in [4.78, 5) is 36.0. The molecular weight excluding hydrogens is 429 g/mol. The smallest absolute Gasteiger partial charge is 0.432 e. The number of halogens is 3. The summed E-state index contributed by atoms with van der Waals surface area (Å²) in [6.07, 6.45) is -5.00. The Morgan fingerprint density at radius 1 is 0.938 bits per heavy atom. The van der Waals surface area contributed by atoms with Crippen LogP contribution in [0.25, 0.3) is 16.4 Å². The van der Waals surface area contributed by atoms with Crippen LogP contribution >= 0.6 is 0 Å². The van der Waals surface area contributed by atoms with E-state index in [4.69, 9.17) is 0 Å². The maximum Gasteiger partial charge on any atom is 0.432 e. The molecule has 0 spiro atoms. The lowest BCUT2D eigenvalue weighted by atomic mass is 9.99. The monoisotopic (exact) mass is 442 g/mol. The summed E-state index contributed by atoms with van der Waals surface area (Å²) in [6, 6.07) is 13.5. The minimum absolute atomic E-state index is 0.116. The van der Waals surface area contributed by atoms with E-state index in [1.807, 2.05) is 0 Å². The van der Waals surface area contributed by atoms with Gasteiger partial charge in [0.25, 0.3) is 5.69 Å². The maximum atomic E-state index is 14.2. The number of pyridine rings is 1. The highest BCUT2D eigenvalue weighted by Gasteiger charge is 2.43. The molecule has 7 nitrogen and oxygen atoms in total. The van der Waals surface area contributed by atoms with Gasteiger partial charge in [-0.15, -0.1) is 0 Å². The van der Waals surface area contributed by atoms with Crippen LogP contribution in [-0.2, 0) is 10.9 Å². The highest BCUT2D eigenvalue weighted by molar-refractivity contribution is 6.20. The fourth-order valence-corrected chi connectivity index (χ4v) is 3.68. The second-order valence-electron chi connectivity index (χ2n) is 6.83. The number of methoxy groups -OCH3 is 1. The molecule has 162 valence electrons. The number of aromatic nitrogens is 1. The Morgan fingerprint density at radius 3 is 2.19 bits per heavy atom. The van der Waals surface area contributed by atoms with E-state index in [1.54, 1.807) is 18.2 Å². The number of nitro benzene ring substituents is 1. The van der Waals surface area contributed by atoms with Crippen molar-refractivity contribution >= 4 is 33.9 Å². The average molecular weight is 442 g/mol. The number of carbonyl (C=O) groups is 2. The van der Waals surface area contributed by atoms with Crippen molar-refractivity contribution in [2.75, 3.05) is 7.11 Å². The van der Waals surface area contributed by atoms with Crippen LogP contribution in [0.4, 0.5) is 18.9 Å². The van der Waals surface area contributed by atoms with Crippen molar-refractivity contribution in [3.63, 3.8) is 0 Å². The molecule has 0 aliphatic heterocycles. The predicted molar refractivity (Wildman–Crippen MR) is 108 cm³/mol. The van der Waals surface area contributed by atoms with E-state index >= 15 is 0 Å². The van der Waals surface area contributed by atoms with Crippen LogP contribution in [0, 0.1) is 10.1 Å². The summed E-state index contributed by atoms with van der Waals surface area (Å²) in [5, 5.41) is 11.3. The number of ether oxygens (including phenoxy) is 1. The number of hydrogen-bond donors (Lipinski definition) is 0. The molecule has 0 radical (unpaired) electrons. The van der Waals surface area contributed by atoms with Crippen molar-refractivity contribution in [2.45, 2.75) is 6.18 Å². The van der Waals surface area contributed by atoms with Crippen LogP contribution < -0.4 is 0 Å². The van der Waals surface area contributed by atoms with Gasteiger partial charge in [-0.1, -0.05) is 24.3 Å². The van der Waals surface area contributed by atoms with Gasteiger partial charge in [0.2, 0.25) is 0 Å². The third kappa shape index (κ3) is 3.25. The normalized spacial score (nSPS) is 11.6. The van der Waals surface area contributed by atoms with E-state index < -0.39 is 39.7 Å². The summed E-state index contributed by atoms with van der Waals surface area (Å²) in [5.41, 5.74) is -3.15. The molecule has 0 saturated carbocycles. The van der Waals surface area contributed by atoms with Crippen LogP contribution in [0.3, 0.4) is 0 Å². The van der Waals surface area contributed by atoms with Gasteiger partial charge in [0, 0.05) is 17.7 Å². The van der Waals surface area contributed by atoms with Gasteiger partial charge in [-0.05, 0) is 29.7 Å². The zero-order chi connectivity index (χ0) is 23.2. The molecule has 2 heterocycles. The third-order valence-electron chi connectivity index (χ3n) is 5.03. The number of ketones is 1. The number of alkyl halides is 3. The molecule has 0 aliphatic rings. The van der Waals surface area contributed by atoms with Gasteiger partial charge in [-0.25, -0.2) is 4.79 Å². The van der Waals surface area contributed by atoms with Gasteiger partial charge in [-0.2, -0.15) is 13.2 Å². The Kier molecular flexibility index (Phi) is 4.92. The number of nitro groups is 1. The first-order valence-corrected chi connectivity index (χ1v) is 9.16. The van der Waals surface area contributed by atoms with Crippen molar-refractivity contribution in [2.24, 2.45) is 0 Å². The Morgan fingerprint density at radius 2 is 1.59 bits per heavy atom. The number of non-ortho nitro benzene ring substituents is 1. The molecule has 0 unspecified atom stereocenters. The number of nitrogens with zero attached hydrogens (tertiary/aromatic N) is 2. The molecule has 4 rings (SSSR count). The van der Waals surface area contributed by atoms with E-state index in [9.17, 15) is 32.9 Å². The Balaban J connectivity index is 2.12. The molecule has 0 amide bonds. The third-order valence-corrected chi connectivity index (χ3v) is 5.03. The molecule has 2 aromatic carbocycles. The van der Waals surface area contributed by atoms with E-state index in [0.717, 1.165) is 35.8 Å². The standard InChI is InChI=1S/C22H13F3N2O5/c1-32-21(29)18-17(19(28)13-6-9-14(10-7-13)27(30)31)16-11-8-12-4-2-3-5-15(12)26(16)20(18)22(23,24)25/h2-11H,1H3. The first kappa shape index (κ1) is 21.0. The van der Waals surface area contributed by atoms with E-state index in [0.29, 0.717) is 5.39 Å². The topological polar surface area (TPSA) is 90.9 Å². The first-order chi connectivity index (χ1) is 15.1. The minimum atomic E-state index is -5.00. The van der Waals surface area contributed by atoms with E-state index in [-0.39, 0.29) is 22.3 Å². The van der Waals surface area contributed by atoms with Gasteiger partial charge < -0.3 is 9.14 Å². The fourth-order valence-electron chi connectivity index (χ4n) is 3.68. The first-order valence-electron chi connectivity index (χ1n) is 9.16. The van der Waals surface area contributed by atoms with Crippen LogP contribution in [0.15, 0.2) is 60.7 Å². The van der Waals surface area contributed by atoms with Gasteiger partial charge >= 0.3 is 12.1 Å². The van der Waals surface area contributed by atoms with Gasteiger partial charge in [0.1, 0.15) is 11.3 Å². The number of fused-ring (bicyclic) bond motifs is 3. The molecule has 10 heteroatoms. The lowest BCUT2D eigenvalue weighted by molar-refractivity contribution is -0.384. The lowest BCUT2D eigenvalue weighted by Crippen LogP contribution is -2.17. The Labute approximate surface area is 177 Å². The molecule has 0 bridgehead atoms. The van der Waals surface area contributed by atoms with Gasteiger partial charge in [-0.3, -0.25) is 14.9 Å².